The highest BCUT2D eigenvalue weighted by molar-refractivity contribution is 5.91. The van der Waals surface area contributed by atoms with Gasteiger partial charge in [0.05, 0.1) is 24.8 Å². The zero-order valence-electron chi connectivity index (χ0n) is 16.4. The van der Waals surface area contributed by atoms with Gasteiger partial charge in [-0.3, -0.25) is 20.4 Å². The normalized spacial score (nSPS) is 18.8. The number of nitrogens with one attached hydrogen (secondary N) is 2. The van der Waals surface area contributed by atoms with Crippen LogP contribution in [0.15, 0.2) is 54.6 Å². The van der Waals surface area contributed by atoms with Gasteiger partial charge in [-0.25, -0.2) is 0 Å². The second kappa shape index (κ2) is 9.26. The zero-order chi connectivity index (χ0) is 19.9. The summed E-state index contributed by atoms with van der Waals surface area (Å²) >= 11 is 0. The molecule has 1 fully saturated rings. The van der Waals surface area contributed by atoms with Crippen molar-refractivity contribution in [1.82, 2.24) is 10.3 Å². The van der Waals surface area contributed by atoms with Crippen LogP contribution in [0.1, 0.15) is 37.8 Å². The number of anilines is 1. The van der Waals surface area contributed by atoms with Crippen molar-refractivity contribution in [2.45, 2.75) is 32.2 Å². The lowest BCUT2D eigenvalue weighted by atomic mass is 9.93. The topological polar surface area (TPSA) is 70.7 Å². The van der Waals surface area contributed by atoms with Crippen LogP contribution in [0.25, 0.3) is 0 Å². The third-order valence-electron chi connectivity index (χ3n) is 5.08. The molecule has 1 saturated heterocycles. The Kier molecular flexibility index (Phi) is 6.53. The van der Waals surface area contributed by atoms with Gasteiger partial charge in [0, 0.05) is 13.0 Å². The number of unbranched alkanes of at least 4 members (excludes halogenated alkanes) is 1. The Morgan fingerprint density at radius 3 is 2.50 bits per heavy atom. The first kappa shape index (κ1) is 19.7. The summed E-state index contributed by atoms with van der Waals surface area (Å²) in [6.07, 6.45) is 2.11. The molecule has 0 spiro atoms. The molecule has 2 aromatic rings. The van der Waals surface area contributed by atoms with Crippen LogP contribution in [0.3, 0.4) is 0 Å². The van der Waals surface area contributed by atoms with Crippen molar-refractivity contribution >= 4 is 17.5 Å². The number of methoxy groups -OCH3 is 1. The molecule has 3 rings (SSSR count). The van der Waals surface area contributed by atoms with E-state index in [2.05, 4.69) is 17.8 Å². The number of amides is 2. The van der Waals surface area contributed by atoms with Gasteiger partial charge < -0.3 is 9.64 Å². The van der Waals surface area contributed by atoms with E-state index in [0.29, 0.717) is 6.54 Å². The minimum atomic E-state index is -0.450. The molecule has 0 aromatic heterocycles. The number of rotatable bonds is 8. The monoisotopic (exact) mass is 381 g/mol. The second-order valence-corrected chi connectivity index (χ2v) is 6.95. The lowest BCUT2D eigenvalue weighted by molar-refractivity contribution is -0.129. The van der Waals surface area contributed by atoms with E-state index in [9.17, 15) is 9.59 Å². The van der Waals surface area contributed by atoms with Gasteiger partial charge in [0.1, 0.15) is 5.75 Å². The molecule has 0 aliphatic carbocycles. The van der Waals surface area contributed by atoms with Gasteiger partial charge in [-0.2, -0.15) is 0 Å². The maximum atomic E-state index is 12.9. The van der Waals surface area contributed by atoms with E-state index in [1.165, 1.54) is 0 Å². The fraction of sp³-hybridized carbons (Fsp3) is 0.364. The van der Waals surface area contributed by atoms with Crippen LogP contribution in [-0.4, -0.2) is 30.4 Å². The van der Waals surface area contributed by atoms with E-state index in [-0.39, 0.29) is 24.3 Å². The summed E-state index contributed by atoms with van der Waals surface area (Å²) in [5, 5.41) is 0. The van der Waals surface area contributed by atoms with Crippen molar-refractivity contribution in [3.05, 3.63) is 60.2 Å². The lowest BCUT2D eigenvalue weighted by Crippen LogP contribution is -2.38. The number of benzene rings is 2. The van der Waals surface area contributed by atoms with E-state index in [4.69, 9.17) is 4.74 Å². The molecule has 2 aromatic carbocycles. The summed E-state index contributed by atoms with van der Waals surface area (Å²) in [4.78, 5) is 27.4. The molecule has 1 heterocycles. The number of hydrazine groups is 1. The smallest absolute Gasteiger partial charge is 0.244 e. The summed E-state index contributed by atoms with van der Waals surface area (Å²) < 4.78 is 5.24. The predicted molar refractivity (Wildman–Crippen MR) is 109 cm³/mol. The Labute approximate surface area is 165 Å². The Balaban J connectivity index is 1.80. The summed E-state index contributed by atoms with van der Waals surface area (Å²) in [5.41, 5.74) is 7.45. The molecule has 0 bridgehead atoms. The predicted octanol–water partition coefficient (Wildman–Crippen LogP) is 3.53. The van der Waals surface area contributed by atoms with Gasteiger partial charge in [0.15, 0.2) is 0 Å². The molecule has 2 unspecified atom stereocenters. The number of ether oxygens (including phenoxy) is 1. The van der Waals surface area contributed by atoms with E-state index in [1.807, 2.05) is 59.5 Å². The van der Waals surface area contributed by atoms with E-state index >= 15 is 0 Å². The highest BCUT2D eigenvalue weighted by Crippen LogP contribution is 2.39. The number of para-hydroxylation sites is 1. The number of carbonyl (C=O) groups is 2. The molecule has 2 N–H and O–H groups in total. The lowest BCUT2D eigenvalue weighted by Gasteiger charge is -2.28. The Morgan fingerprint density at radius 1 is 1.14 bits per heavy atom. The number of likely N-dealkylation sites (tertiary alicyclic amines) is 1. The molecule has 6 nitrogen and oxygen atoms in total. The van der Waals surface area contributed by atoms with Crippen molar-refractivity contribution in [2.75, 3.05) is 19.1 Å². The quantitative estimate of drug-likeness (QED) is 0.687. The van der Waals surface area contributed by atoms with Gasteiger partial charge >= 0.3 is 0 Å². The first-order valence-electron chi connectivity index (χ1n) is 9.68. The molecular weight excluding hydrogens is 354 g/mol. The number of hydrogen-bond acceptors (Lipinski definition) is 4. The van der Waals surface area contributed by atoms with Crippen LogP contribution in [0.5, 0.6) is 5.75 Å². The van der Waals surface area contributed by atoms with Crippen molar-refractivity contribution in [3.63, 3.8) is 0 Å². The minimum Gasteiger partial charge on any atom is -0.497 e. The second-order valence-electron chi connectivity index (χ2n) is 6.95. The molecule has 148 valence electrons. The van der Waals surface area contributed by atoms with Crippen LogP contribution in [-0.2, 0) is 9.59 Å². The number of nitrogens with zero attached hydrogens (tertiary/aromatic N) is 1. The molecule has 1 aliphatic rings. The molecule has 2 amide bonds. The van der Waals surface area contributed by atoms with Crippen LogP contribution in [0.4, 0.5) is 5.69 Å². The highest BCUT2D eigenvalue weighted by Gasteiger charge is 2.44. The van der Waals surface area contributed by atoms with Crippen molar-refractivity contribution in [2.24, 2.45) is 5.92 Å². The van der Waals surface area contributed by atoms with E-state index in [1.54, 1.807) is 7.11 Å². The summed E-state index contributed by atoms with van der Waals surface area (Å²) in [6, 6.07) is 16.8. The van der Waals surface area contributed by atoms with E-state index in [0.717, 1.165) is 29.8 Å². The van der Waals surface area contributed by atoms with Crippen LogP contribution in [0.2, 0.25) is 0 Å². The fourth-order valence-corrected chi connectivity index (χ4v) is 3.58. The summed E-state index contributed by atoms with van der Waals surface area (Å²) in [5.74, 6) is 0.139. The van der Waals surface area contributed by atoms with Crippen LogP contribution >= 0.6 is 0 Å². The highest BCUT2D eigenvalue weighted by atomic mass is 16.5. The van der Waals surface area contributed by atoms with Crippen molar-refractivity contribution < 1.29 is 14.3 Å². The minimum absolute atomic E-state index is 0.0223. The average molecular weight is 381 g/mol. The van der Waals surface area contributed by atoms with Crippen LogP contribution < -0.4 is 15.6 Å². The Hall–Kier alpha value is -3.02. The molecular formula is C22H27N3O3. The maximum Gasteiger partial charge on any atom is 0.244 e. The summed E-state index contributed by atoms with van der Waals surface area (Å²) in [6.45, 7) is 2.75. The first-order chi connectivity index (χ1) is 13.6. The Morgan fingerprint density at radius 2 is 1.86 bits per heavy atom. The van der Waals surface area contributed by atoms with Crippen molar-refractivity contribution in [1.29, 1.82) is 0 Å². The molecule has 2 atom stereocenters. The third kappa shape index (κ3) is 4.44. The van der Waals surface area contributed by atoms with Crippen LogP contribution in [0, 0.1) is 5.92 Å². The fourth-order valence-electron chi connectivity index (χ4n) is 3.58. The Bertz CT molecular complexity index is 792. The van der Waals surface area contributed by atoms with Gasteiger partial charge in [-0.05, 0) is 36.2 Å². The molecule has 0 radical (unpaired) electrons. The molecule has 28 heavy (non-hydrogen) atoms. The number of carbonyl (C=O) groups excluding carboxylic acids is 2. The maximum absolute atomic E-state index is 12.9. The SMILES string of the molecule is CCCCN1C(=O)CC(C(=O)NNc2ccccc2)C1c1ccc(OC)cc1. The number of hydrogen-bond donors (Lipinski definition) is 2. The first-order valence-corrected chi connectivity index (χ1v) is 9.68. The van der Waals surface area contributed by atoms with Gasteiger partial charge in [0.25, 0.3) is 0 Å². The van der Waals surface area contributed by atoms with Gasteiger partial charge in [-0.1, -0.05) is 43.7 Å². The average Bonchev–Trinajstić information content (AvgIpc) is 3.07. The standard InChI is InChI=1S/C22H27N3O3/c1-3-4-14-25-20(26)15-19(21(25)16-10-12-18(28-2)13-11-16)22(27)24-23-17-8-6-5-7-9-17/h5-13,19,21,23H,3-4,14-15H2,1-2H3,(H,24,27). The van der Waals surface area contributed by atoms with Crippen molar-refractivity contribution in [3.8, 4) is 5.75 Å². The zero-order valence-corrected chi connectivity index (χ0v) is 16.4. The summed E-state index contributed by atoms with van der Waals surface area (Å²) in [7, 11) is 1.62. The van der Waals surface area contributed by atoms with Gasteiger partial charge in [0.2, 0.25) is 11.8 Å². The van der Waals surface area contributed by atoms with Gasteiger partial charge in [-0.15, -0.1) is 0 Å². The largest absolute Gasteiger partial charge is 0.497 e. The molecule has 6 heteroatoms. The molecule has 1 aliphatic heterocycles. The third-order valence-corrected chi connectivity index (χ3v) is 5.08. The van der Waals surface area contributed by atoms with E-state index < -0.39 is 5.92 Å². The molecule has 0 saturated carbocycles.